The van der Waals surface area contributed by atoms with Crippen LogP contribution in [0.25, 0.3) is 0 Å². The van der Waals surface area contributed by atoms with Crippen molar-refractivity contribution in [2.45, 2.75) is 46.0 Å². The predicted octanol–water partition coefficient (Wildman–Crippen LogP) is 3.60. The lowest BCUT2D eigenvalue weighted by molar-refractivity contribution is -0.145. The fraction of sp³-hybridized carbons (Fsp3) is 0.680. The fourth-order valence-corrected chi connectivity index (χ4v) is 2.80. The SMILES string of the molecule is CCCCCCC(=O)OCCOCCOCCOCCOCCOc1ccc(NC(C)=O)cc1. The smallest absolute Gasteiger partial charge is 0.305 e. The minimum absolute atomic E-state index is 0.107. The molecule has 34 heavy (non-hydrogen) atoms. The van der Waals surface area contributed by atoms with Crippen LogP contribution in [0, 0.1) is 0 Å². The van der Waals surface area contributed by atoms with Crippen LogP contribution in [0.3, 0.4) is 0 Å². The number of amides is 1. The second-order valence-electron chi connectivity index (χ2n) is 7.53. The molecule has 1 aromatic carbocycles. The molecule has 1 N–H and O–H groups in total. The van der Waals surface area contributed by atoms with Crippen molar-refractivity contribution in [3.05, 3.63) is 24.3 Å². The van der Waals surface area contributed by atoms with E-state index in [4.69, 9.17) is 28.4 Å². The second kappa shape index (κ2) is 21.3. The lowest BCUT2D eigenvalue weighted by atomic mass is 10.2. The summed E-state index contributed by atoms with van der Waals surface area (Å²) in [5.74, 6) is 0.456. The lowest BCUT2D eigenvalue weighted by Gasteiger charge is -2.09. The highest BCUT2D eigenvalue weighted by molar-refractivity contribution is 5.88. The average molecular weight is 484 g/mol. The Balaban J connectivity index is 1.78. The summed E-state index contributed by atoms with van der Waals surface area (Å²) in [6.45, 7) is 8.00. The summed E-state index contributed by atoms with van der Waals surface area (Å²) in [6, 6.07) is 7.16. The summed E-state index contributed by atoms with van der Waals surface area (Å²) in [6.07, 6.45) is 4.76. The summed E-state index contributed by atoms with van der Waals surface area (Å²) in [7, 11) is 0. The Bertz CT molecular complexity index is 638. The standard InChI is InChI=1S/C25H41NO8/c1-3-4-5-6-7-25(28)34-21-19-32-17-15-30-13-12-29-14-16-31-18-20-33-24-10-8-23(9-11-24)26-22(2)27/h8-11H,3-7,12-21H2,1-2H3,(H,26,27). The fourth-order valence-electron chi connectivity index (χ4n) is 2.80. The van der Waals surface area contributed by atoms with Crippen molar-refractivity contribution < 1.29 is 38.0 Å². The van der Waals surface area contributed by atoms with Gasteiger partial charge >= 0.3 is 5.97 Å². The van der Waals surface area contributed by atoms with Crippen LogP contribution in [0.2, 0.25) is 0 Å². The van der Waals surface area contributed by atoms with Gasteiger partial charge in [-0.25, -0.2) is 0 Å². The largest absolute Gasteiger partial charge is 0.491 e. The molecule has 9 nitrogen and oxygen atoms in total. The van der Waals surface area contributed by atoms with Gasteiger partial charge in [0, 0.05) is 19.0 Å². The van der Waals surface area contributed by atoms with Crippen molar-refractivity contribution in [2.75, 3.05) is 71.4 Å². The minimum atomic E-state index is -0.154. The summed E-state index contributed by atoms with van der Waals surface area (Å²) in [5, 5.41) is 2.70. The Morgan fingerprint density at radius 1 is 0.706 bits per heavy atom. The average Bonchev–Trinajstić information content (AvgIpc) is 2.82. The van der Waals surface area contributed by atoms with Crippen LogP contribution in [-0.2, 0) is 33.3 Å². The number of hydrogen-bond donors (Lipinski definition) is 1. The van der Waals surface area contributed by atoms with E-state index in [-0.39, 0.29) is 18.5 Å². The van der Waals surface area contributed by atoms with Crippen molar-refractivity contribution >= 4 is 17.6 Å². The molecule has 0 radical (unpaired) electrons. The number of carbonyl (C=O) groups is 2. The Morgan fingerprint density at radius 3 is 1.76 bits per heavy atom. The van der Waals surface area contributed by atoms with Gasteiger partial charge < -0.3 is 33.7 Å². The van der Waals surface area contributed by atoms with Crippen molar-refractivity contribution in [1.82, 2.24) is 0 Å². The molecule has 1 rings (SSSR count). The number of anilines is 1. The van der Waals surface area contributed by atoms with Gasteiger partial charge in [0.15, 0.2) is 0 Å². The number of nitrogens with one attached hydrogen (secondary N) is 1. The highest BCUT2D eigenvalue weighted by atomic mass is 16.6. The second-order valence-corrected chi connectivity index (χ2v) is 7.53. The normalized spacial score (nSPS) is 10.8. The van der Waals surface area contributed by atoms with Gasteiger partial charge in [-0.1, -0.05) is 26.2 Å². The molecule has 0 saturated carbocycles. The number of ether oxygens (including phenoxy) is 6. The molecule has 0 saturated heterocycles. The molecule has 0 bridgehead atoms. The first-order valence-electron chi connectivity index (χ1n) is 12.1. The van der Waals surface area contributed by atoms with Crippen LogP contribution in [0.15, 0.2) is 24.3 Å². The number of hydrogen-bond acceptors (Lipinski definition) is 8. The first-order chi connectivity index (χ1) is 16.6. The number of unbranched alkanes of at least 4 members (excludes halogenated alkanes) is 3. The maximum atomic E-state index is 11.5. The van der Waals surface area contributed by atoms with Crippen molar-refractivity contribution in [3.8, 4) is 5.75 Å². The Hall–Kier alpha value is -2.20. The molecule has 0 aromatic heterocycles. The first kappa shape index (κ1) is 29.8. The summed E-state index contributed by atoms with van der Waals surface area (Å²) in [5.41, 5.74) is 0.732. The van der Waals surface area contributed by atoms with Gasteiger partial charge in [-0.05, 0) is 30.7 Å². The van der Waals surface area contributed by atoms with Crippen molar-refractivity contribution in [1.29, 1.82) is 0 Å². The van der Waals surface area contributed by atoms with Crippen LogP contribution in [0.4, 0.5) is 5.69 Å². The maximum Gasteiger partial charge on any atom is 0.305 e. The first-order valence-corrected chi connectivity index (χ1v) is 12.1. The van der Waals surface area contributed by atoms with Crippen molar-refractivity contribution in [3.63, 3.8) is 0 Å². The maximum absolute atomic E-state index is 11.5. The number of benzene rings is 1. The zero-order valence-corrected chi connectivity index (χ0v) is 20.7. The quantitative estimate of drug-likeness (QED) is 0.197. The van der Waals surface area contributed by atoms with E-state index in [9.17, 15) is 9.59 Å². The topological polar surface area (TPSA) is 102 Å². The Labute approximate surface area is 203 Å². The molecule has 0 aliphatic carbocycles. The van der Waals surface area contributed by atoms with Gasteiger partial charge in [-0.2, -0.15) is 0 Å². The minimum Gasteiger partial charge on any atom is -0.491 e. The molecule has 0 fully saturated rings. The molecule has 0 spiro atoms. The highest BCUT2D eigenvalue weighted by Gasteiger charge is 2.02. The van der Waals surface area contributed by atoms with E-state index in [1.165, 1.54) is 6.92 Å². The monoisotopic (exact) mass is 483 g/mol. The summed E-state index contributed by atoms with van der Waals surface area (Å²) < 4.78 is 32.4. The van der Waals surface area contributed by atoms with E-state index < -0.39 is 0 Å². The molecule has 1 amide bonds. The lowest BCUT2D eigenvalue weighted by Crippen LogP contribution is -2.15. The van der Waals surface area contributed by atoms with Crippen molar-refractivity contribution in [2.24, 2.45) is 0 Å². The molecule has 0 unspecified atom stereocenters. The summed E-state index contributed by atoms with van der Waals surface area (Å²) >= 11 is 0. The molecule has 0 heterocycles. The Kier molecular flexibility index (Phi) is 18.7. The van der Waals surface area contributed by atoms with Crippen LogP contribution in [0.5, 0.6) is 5.75 Å². The van der Waals surface area contributed by atoms with Crippen LogP contribution in [-0.4, -0.2) is 77.9 Å². The summed E-state index contributed by atoms with van der Waals surface area (Å²) in [4.78, 5) is 22.5. The van der Waals surface area contributed by atoms with E-state index >= 15 is 0 Å². The van der Waals surface area contributed by atoms with Gasteiger partial charge in [0.25, 0.3) is 0 Å². The molecular weight excluding hydrogens is 442 g/mol. The number of carbonyl (C=O) groups excluding carboxylic acids is 2. The van der Waals surface area contributed by atoms with Gasteiger partial charge in [-0.3, -0.25) is 9.59 Å². The number of rotatable bonds is 22. The molecule has 194 valence electrons. The van der Waals surface area contributed by atoms with E-state index in [2.05, 4.69) is 12.2 Å². The Morgan fingerprint density at radius 2 is 1.24 bits per heavy atom. The molecule has 0 aliphatic rings. The van der Waals surface area contributed by atoms with E-state index in [0.29, 0.717) is 71.6 Å². The van der Waals surface area contributed by atoms with Crippen LogP contribution in [0.1, 0.15) is 46.0 Å². The van der Waals surface area contributed by atoms with Gasteiger partial charge in [0.2, 0.25) is 5.91 Å². The van der Waals surface area contributed by atoms with Gasteiger partial charge in [0.05, 0.1) is 52.9 Å². The predicted molar refractivity (Wildman–Crippen MR) is 129 cm³/mol. The third-order valence-electron chi connectivity index (χ3n) is 4.51. The molecule has 9 heteroatoms. The van der Waals surface area contributed by atoms with Gasteiger partial charge in [0.1, 0.15) is 19.0 Å². The molecule has 0 atom stereocenters. The van der Waals surface area contributed by atoms with Crippen LogP contribution < -0.4 is 10.1 Å². The molecular formula is C25H41NO8. The molecule has 0 aliphatic heterocycles. The third kappa shape index (κ3) is 18.3. The van der Waals surface area contributed by atoms with E-state index in [1.807, 2.05) is 0 Å². The van der Waals surface area contributed by atoms with Crippen LogP contribution >= 0.6 is 0 Å². The third-order valence-corrected chi connectivity index (χ3v) is 4.51. The zero-order chi connectivity index (χ0) is 24.7. The highest BCUT2D eigenvalue weighted by Crippen LogP contribution is 2.15. The van der Waals surface area contributed by atoms with E-state index in [0.717, 1.165) is 31.4 Å². The number of esters is 1. The molecule has 1 aromatic rings. The van der Waals surface area contributed by atoms with Gasteiger partial charge in [-0.15, -0.1) is 0 Å². The zero-order valence-electron chi connectivity index (χ0n) is 20.7. The van der Waals surface area contributed by atoms with E-state index in [1.54, 1.807) is 24.3 Å².